The Kier molecular flexibility index (Phi) is 6.66. The average molecular weight is 362 g/mol. The standard InChI is InChI=1S/C19H31FN6/c1-3-25-11-5-4-7-16(25)13-23-19(21-2)24-15-9-12-26(14-15)18-17(20)8-6-10-22-18/h6,8,10,15-16H,3-5,7,9,11-14H2,1-2H3,(H2,21,23,24). The van der Waals surface area contributed by atoms with Crippen molar-refractivity contribution in [3.63, 3.8) is 0 Å². The summed E-state index contributed by atoms with van der Waals surface area (Å²) in [7, 11) is 1.80. The third kappa shape index (κ3) is 4.63. The van der Waals surface area contributed by atoms with Gasteiger partial charge in [-0.1, -0.05) is 13.3 Å². The zero-order chi connectivity index (χ0) is 18.4. The number of aromatic nitrogens is 1. The summed E-state index contributed by atoms with van der Waals surface area (Å²) in [5.41, 5.74) is 0. The van der Waals surface area contributed by atoms with Gasteiger partial charge in [-0.15, -0.1) is 0 Å². The highest BCUT2D eigenvalue weighted by Gasteiger charge is 2.26. The van der Waals surface area contributed by atoms with Crippen LogP contribution in [0.5, 0.6) is 0 Å². The fourth-order valence-corrected chi connectivity index (χ4v) is 3.99. The number of likely N-dealkylation sites (tertiary alicyclic amines) is 1. The van der Waals surface area contributed by atoms with E-state index in [1.165, 1.54) is 31.9 Å². The van der Waals surface area contributed by atoms with Crippen molar-refractivity contribution in [3.05, 3.63) is 24.1 Å². The second-order valence-corrected chi connectivity index (χ2v) is 7.12. The molecule has 2 aliphatic heterocycles. The Hall–Kier alpha value is -1.89. The number of anilines is 1. The minimum atomic E-state index is -0.257. The first-order chi connectivity index (χ1) is 12.7. The van der Waals surface area contributed by atoms with Gasteiger partial charge in [-0.3, -0.25) is 9.89 Å². The van der Waals surface area contributed by atoms with E-state index in [1.54, 1.807) is 19.3 Å². The molecule has 144 valence electrons. The molecule has 0 amide bonds. The molecule has 0 radical (unpaired) electrons. The molecule has 6 nitrogen and oxygen atoms in total. The van der Waals surface area contributed by atoms with E-state index in [4.69, 9.17) is 0 Å². The molecule has 1 aromatic rings. The lowest BCUT2D eigenvalue weighted by molar-refractivity contribution is 0.157. The third-order valence-corrected chi connectivity index (χ3v) is 5.45. The van der Waals surface area contributed by atoms with Gasteiger partial charge < -0.3 is 15.5 Å². The molecule has 2 fully saturated rings. The molecule has 0 bridgehead atoms. The van der Waals surface area contributed by atoms with E-state index >= 15 is 0 Å². The quantitative estimate of drug-likeness (QED) is 0.618. The van der Waals surface area contributed by atoms with E-state index in [2.05, 4.69) is 32.4 Å². The van der Waals surface area contributed by atoms with Crippen LogP contribution in [0.4, 0.5) is 10.2 Å². The maximum atomic E-state index is 13.9. The zero-order valence-corrected chi connectivity index (χ0v) is 15.9. The highest BCUT2D eigenvalue weighted by Crippen LogP contribution is 2.21. The summed E-state index contributed by atoms with van der Waals surface area (Å²) in [6.07, 6.45) is 6.44. The fraction of sp³-hybridized carbons (Fsp3) is 0.684. The lowest BCUT2D eigenvalue weighted by atomic mass is 10.0. The van der Waals surface area contributed by atoms with Crippen molar-refractivity contribution in [2.45, 2.75) is 44.7 Å². The summed E-state index contributed by atoms with van der Waals surface area (Å²) in [6, 6.07) is 3.92. The second-order valence-electron chi connectivity index (χ2n) is 7.12. The van der Waals surface area contributed by atoms with Crippen molar-refractivity contribution in [3.8, 4) is 0 Å². The number of halogens is 1. The smallest absolute Gasteiger partial charge is 0.191 e. The van der Waals surface area contributed by atoms with Gasteiger partial charge in [-0.05, 0) is 44.5 Å². The molecule has 26 heavy (non-hydrogen) atoms. The first-order valence-corrected chi connectivity index (χ1v) is 9.78. The molecular formula is C19H31FN6. The van der Waals surface area contributed by atoms with Gasteiger partial charge in [0, 0.05) is 45.0 Å². The number of rotatable bonds is 5. The molecule has 0 saturated carbocycles. The molecule has 2 aliphatic rings. The first-order valence-electron chi connectivity index (χ1n) is 9.78. The molecule has 3 rings (SSSR count). The highest BCUT2D eigenvalue weighted by molar-refractivity contribution is 5.80. The molecule has 2 saturated heterocycles. The Morgan fingerprint density at radius 1 is 1.35 bits per heavy atom. The number of likely N-dealkylation sites (N-methyl/N-ethyl adjacent to an activating group) is 1. The Morgan fingerprint density at radius 3 is 3.00 bits per heavy atom. The SMILES string of the molecule is CCN1CCCCC1CNC(=NC)NC1CCN(c2ncccc2F)C1. The van der Waals surface area contributed by atoms with Crippen molar-refractivity contribution >= 4 is 11.8 Å². The number of hydrogen-bond donors (Lipinski definition) is 2. The fourth-order valence-electron chi connectivity index (χ4n) is 3.99. The van der Waals surface area contributed by atoms with E-state index in [-0.39, 0.29) is 11.9 Å². The van der Waals surface area contributed by atoms with Gasteiger partial charge in [0.15, 0.2) is 17.6 Å². The van der Waals surface area contributed by atoms with Crippen molar-refractivity contribution in [1.29, 1.82) is 0 Å². The van der Waals surface area contributed by atoms with Gasteiger partial charge >= 0.3 is 0 Å². The predicted octanol–water partition coefficient (Wildman–Crippen LogP) is 1.84. The molecule has 1 aromatic heterocycles. The van der Waals surface area contributed by atoms with Gasteiger partial charge in [0.25, 0.3) is 0 Å². The van der Waals surface area contributed by atoms with E-state index in [1.807, 2.05) is 4.90 Å². The molecule has 3 heterocycles. The summed E-state index contributed by atoms with van der Waals surface area (Å²) in [5.74, 6) is 1.02. The summed E-state index contributed by atoms with van der Waals surface area (Å²) in [4.78, 5) is 13.1. The van der Waals surface area contributed by atoms with Crippen LogP contribution in [0.25, 0.3) is 0 Å². The van der Waals surface area contributed by atoms with Crippen molar-refractivity contribution < 1.29 is 4.39 Å². The van der Waals surface area contributed by atoms with Crippen LogP contribution >= 0.6 is 0 Å². The Labute approximate surface area is 155 Å². The molecule has 0 aliphatic carbocycles. The number of nitrogens with zero attached hydrogens (tertiary/aromatic N) is 4. The van der Waals surface area contributed by atoms with Gasteiger partial charge in [-0.2, -0.15) is 0 Å². The van der Waals surface area contributed by atoms with Crippen molar-refractivity contribution in [1.82, 2.24) is 20.5 Å². The third-order valence-electron chi connectivity index (χ3n) is 5.45. The maximum Gasteiger partial charge on any atom is 0.191 e. The largest absolute Gasteiger partial charge is 0.355 e. The lowest BCUT2D eigenvalue weighted by Crippen LogP contribution is -2.51. The van der Waals surface area contributed by atoms with Crippen LogP contribution in [0.15, 0.2) is 23.3 Å². The average Bonchev–Trinajstić information content (AvgIpc) is 3.14. The lowest BCUT2D eigenvalue weighted by Gasteiger charge is -2.35. The summed E-state index contributed by atoms with van der Waals surface area (Å²) >= 11 is 0. The van der Waals surface area contributed by atoms with Crippen LogP contribution in [0.1, 0.15) is 32.6 Å². The number of guanidine groups is 1. The topological polar surface area (TPSA) is 55.8 Å². The molecule has 0 aromatic carbocycles. The van der Waals surface area contributed by atoms with E-state index in [0.717, 1.165) is 38.6 Å². The number of nitrogens with one attached hydrogen (secondary N) is 2. The second kappa shape index (κ2) is 9.16. The minimum absolute atomic E-state index is 0.247. The van der Waals surface area contributed by atoms with Crippen LogP contribution in [-0.2, 0) is 0 Å². The van der Waals surface area contributed by atoms with E-state index in [0.29, 0.717) is 11.9 Å². The van der Waals surface area contributed by atoms with E-state index < -0.39 is 0 Å². The Morgan fingerprint density at radius 2 is 2.23 bits per heavy atom. The Bertz CT molecular complexity index is 607. The maximum absolute atomic E-state index is 13.9. The summed E-state index contributed by atoms with van der Waals surface area (Å²) in [6.45, 7) is 6.98. The predicted molar refractivity (Wildman–Crippen MR) is 104 cm³/mol. The van der Waals surface area contributed by atoms with E-state index in [9.17, 15) is 4.39 Å². The monoisotopic (exact) mass is 362 g/mol. The van der Waals surface area contributed by atoms with Gasteiger partial charge in [-0.25, -0.2) is 9.37 Å². The van der Waals surface area contributed by atoms with Crippen LogP contribution in [0.2, 0.25) is 0 Å². The van der Waals surface area contributed by atoms with Crippen molar-refractivity contribution in [2.24, 2.45) is 4.99 Å². The van der Waals surface area contributed by atoms with Gasteiger partial charge in [0.05, 0.1) is 0 Å². The normalized spacial score (nSPS) is 24.7. The number of piperidine rings is 1. The van der Waals surface area contributed by atoms with Crippen LogP contribution in [0.3, 0.4) is 0 Å². The van der Waals surface area contributed by atoms with Gasteiger partial charge in [0.2, 0.25) is 0 Å². The molecule has 7 heteroatoms. The first kappa shape index (κ1) is 18.9. The van der Waals surface area contributed by atoms with Crippen LogP contribution in [0, 0.1) is 5.82 Å². The molecule has 2 N–H and O–H groups in total. The zero-order valence-electron chi connectivity index (χ0n) is 15.9. The van der Waals surface area contributed by atoms with Gasteiger partial charge in [0.1, 0.15) is 0 Å². The number of aliphatic imine (C=N–C) groups is 1. The Balaban J connectivity index is 1.49. The highest BCUT2D eigenvalue weighted by atomic mass is 19.1. The van der Waals surface area contributed by atoms with Crippen LogP contribution < -0.4 is 15.5 Å². The molecule has 2 atom stereocenters. The van der Waals surface area contributed by atoms with Crippen molar-refractivity contribution in [2.75, 3.05) is 44.7 Å². The molecule has 2 unspecified atom stereocenters. The van der Waals surface area contributed by atoms with Crippen LogP contribution in [-0.4, -0.2) is 67.7 Å². The minimum Gasteiger partial charge on any atom is -0.355 e. The molecule has 0 spiro atoms. The summed E-state index contributed by atoms with van der Waals surface area (Å²) in [5, 5.41) is 6.97. The number of pyridine rings is 1. The molecular weight excluding hydrogens is 331 g/mol. The number of hydrogen-bond acceptors (Lipinski definition) is 4. The summed E-state index contributed by atoms with van der Waals surface area (Å²) < 4.78 is 13.9.